The molecule has 0 radical (unpaired) electrons. The predicted molar refractivity (Wildman–Crippen MR) is 74.1 cm³/mol. The summed E-state index contributed by atoms with van der Waals surface area (Å²) in [4.78, 5) is 10.6. The van der Waals surface area contributed by atoms with Crippen LogP contribution in [-0.2, 0) is 11.2 Å². The van der Waals surface area contributed by atoms with Gasteiger partial charge in [-0.1, -0.05) is 18.2 Å². The van der Waals surface area contributed by atoms with E-state index >= 15 is 0 Å². The lowest BCUT2D eigenvalue weighted by atomic mass is 10.1. The summed E-state index contributed by atoms with van der Waals surface area (Å²) in [6.45, 7) is 0. The van der Waals surface area contributed by atoms with Crippen LogP contribution in [0, 0.1) is 0 Å². The average Bonchev–Trinajstić information content (AvgIpc) is 2.41. The number of carboxylic acids is 1. The molecule has 0 saturated carbocycles. The molecule has 0 atom stereocenters. The van der Waals surface area contributed by atoms with Crippen LogP contribution < -0.4 is 10.1 Å². The summed E-state index contributed by atoms with van der Waals surface area (Å²) in [7, 11) is 1.62. The minimum Gasteiger partial charge on any atom is -0.497 e. The maximum Gasteiger partial charge on any atom is 0.307 e. The molecule has 0 aliphatic heterocycles. The Labute approximate surface area is 111 Å². The van der Waals surface area contributed by atoms with Crippen LogP contribution >= 0.6 is 0 Å². The standard InChI is InChI=1S/C15H15NO3/c1-19-14-4-2-3-13(10-14)16-12-7-5-11(6-8-12)9-15(17)18/h2-8,10,16H,9H2,1H3,(H,17,18). The van der Waals surface area contributed by atoms with Crippen molar-refractivity contribution in [3.8, 4) is 5.75 Å². The van der Waals surface area contributed by atoms with Gasteiger partial charge in [0, 0.05) is 17.4 Å². The largest absolute Gasteiger partial charge is 0.497 e. The lowest BCUT2D eigenvalue weighted by Gasteiger charge is -2.08. The normalized spacial score (nSPS) is 9.95. The molecule has 4 heteroatoms. The molecule has 0 bridgehead atoms. The van der Waals surface area contributed by atoms with Crippen molar-refractivity contribution in [2.24, 2.45) is 0 Å². The minimum absolute atomic E-state index is 0.0411. The molecule has 0 spiro atoms. The summed E-state index contributed by atoms with van der Waals surface area (Å²) in [6.07, 6.45) is 0.0411. The van der Waals surface area contributed by atoms with Gasteiger partial charge in [0.2, 0.25) is 0 Å². The summed E-state index contributed by atoms with van der Waals surface area (Å²) < 4.78 is 5.15. The Morgan fingerprint density at radius 1 is 1.16 bits per heavy atom. The molecule has 0 unspecified atom stereocenters. The zero-order valence-corrected chi connectivity index (χ0v) is 10.6. The molecule has 2 aromatic carbocycles. The maximum absolute atomic E-state index is 10.6. The van der Waals surface area contributed by atoms with Crippen LogP contribution in [0.3, 0.4) is 0 Å². The fourth-order valence-electron chi connectivity index (χ4n) is 1.75. The van der Waals surface area contributed by atoms with Gasteiger partial charge in [-0.3, -0.25) is 4.79 Å². The fraction of sp³-hybridized carbons (Fsp3) is 0.133. The highest BCUT2D eigenvalue weighted by molar-refractivity contribution is 5.70. The molecule has 2 N–H and O–H groups in total. The Morgan fingerprint density at radius 3 is 2.53 bits per heavy atom. The first-order chi connectivity index (χ1) is 9.17. The second-order valence-corrected chi connectivity index (χ2v) is 4.12. The van der Waals surface area contributed by atoms with Gasteiger partial charge in [-0.15, -0.1) is 0 Å². The number of methoxy groups -OCH3 is 1. The molecule has 0 saturated heterocycles. The molecule has 2 rings (SSSR count). The summed E-state index contributed by atoms with van der Waals surface area (Å²) >= 11 is 0. The minimum atomic E-state index is -0.825. The third-order valence-electron chi connectivity index (χ3n) is 2.67. The van der Waals surface area contributed by atoms with Gasteiger partial charge in [0.15, 0.2) is 0 Å². The summed E-state index contributed by atoms with van der Waals surface area (Å²) in [6, 6.07) is 14.9. The van der Waals surface area contributed by atoms with Gasteiger partial charge in [-0.25, -0.2) is 0 Å². The number of carboxylic acid groups (broad SMARTS) is 1. The number of aliphatic carboxylic acids is 1. The first kappa shape index (κ1) is 13.0. The quantitative estimate of drug-likeness (QED) is 0.864. The van der Waals surface area contributed by atoms with Crippen LogP contribution in [0.25, 0.3) is 0 Å². The van der Waals surface area contributed by atoms with Gasteiger partial charge in [0.25, 0.3) is 0 Å². The van der Waals surface area contributed by atoms with E-state index in [0.29, 0.717) is 0 Å². The Balaban J connectivity index is 2.08. The van der Waals surface area contributed by atoms with Crippen molar-refractivity contribution < 1.29 is 14.6 Å². The Hall–Kier alpha value is -2.49. The van der Waals surface area contributed by atoms with E-state index in [1.807, 2.05) is 36.4 Å². The molecule has 19 heavy (non-hydrogen) atoms. The molecule has 0 amide bonds. The summed E-state index contributed by atoms with van der Waals surface area (Å²) in [5, 5.41) is 11.9. The van der Waals surface area contributed by atoms with Crippen LogP contribution in [0.5, 0.6) is 5.75 Å². The number of hydrogen-bond donors (Lipinski definition) is 2. The van der Waals surface area contributed by atoms with Gasteiger partial charge in [0.1, 0.15) is 5.75 Å². The van der Waals surface area contributed by atoms with Crippen LogP contribution in [0.4, 0.5) is 11.4 Å². The SMILES string of the molecule is COc1cccc(Nc2ccc(CC(=O)O)cc2)c1. The smallest absolute Gasteiger partial charge is 0.307 e. The molecular weight excluding hydrogens is 242 g/mol. The number of anilines is 2. The van der Waals surface area contributed by atoms with E-state index < -0.39 is 5.97 Å². The van der Waals surface area contributed by atoms with Gasteiger partial charge in [-0.2, -0.15) is 0 Å². The van der Waals surface area contributed by atoms with Crippen LogP contribution in [0.1, 0.15) is 5.56 Å². The topological polar surface area (TPSA) is 58.6 Å². The lowest BCUT2D eigenvalue weighted by molar-refractivity contribution is -0.136. The molecule has 0 aliphatic carbocycles. The number of ether oxygens (including phenoxy) is 1. The van der Waals surface area contributed by atoms with Gasteiger partial charge >= 0.3 is 5.97 Å². The molecular formula is C15H15NO3. The molecule has 0 aromatic heterocycles. The highest BCUT2D eigenvalue weighted by Crippen LogP contribution is 2.21. The second kappa shape index (κ2) is 5.91. The number of benzene rings is 2. The number of rotatable bonds is 5. The van der Waals surface area contributed by atoms with Crippen molar-refractivity contribution in [3.63, 3.8) is 0 Å². The third kappa shape index (κ3) is 3.74. The molecule has 98 valence electrons. The van der Waals surface area contributed by atoms with Crippen LogP contribution in [-0.4, -0.2) is 18.2 Å². The number of carbonyl (C=O) groups is 1. The first-order valence-corrected chi connectivity index (χ1v) is 5.89. The molecule has 0 heterocycles. The van der Waals surface area contributed by atoms with E-state index in [2.05, 4.69) is 5.32 Å². The Kier molecular flexibility index (Phi) is 4.03. The van der Waals surface area contributed by atoms with Gasteiger partial charge in [0.05, 0.1) is 13.5 Å². The van der Waals surface area contributed by atoms with Crippen molar-refractivity contribution in [3.05, 3.63) is 54.1 Å². The lowest BCUT2D eigenvalue weighted by Crippen LogP contribution is -1.99. The van der Waals surface area contributed by atoms with Crippen molar-refractivity contribution in [2.75, 3.05) is 12.4 Å². The fourth-order valence-corrected chi connectivity index (χ4v) is 1.75. The highest BCUT2D eigenvalue weighted by Gasteiger charge is 2.01. The Morgan fingerprint density at radius 2 is 1.89 bits per heavy atom. The summed E-state index contributed by atoms with van der Waals surface area (Å²) in [5.41, 5.74) is 2.61. The summed E-state index contributed by atoms with van der Waals surface area (Å²) in [5.74, 6) is -0.0407. The zero-order chi connectivity index (χ0) is 13.7. The number of hydrogen-bond acceptors (Lipinski definition) is 3. The van der Waals surface area contributed by atoms with E-state index in [9.17, 15) is 4.79 Å². The highest BCUT2D eigenvalue weighted by atomic mass is 16.5. The van der Waals surface area contributed by atoms with E-state index in [4.69, 9.17) is 9.84 Å². The predicted octanol–water partition coefficient (Wildman–Crippen LogP) is 3.07. The van der Waals surface area contributed by atoms with E-state index in [-0.39, 0.29) is 6.42 Å². The first-order valence-electron chi connectivity index (χ1n) is 5.89. The van der Waals surface area contributed by atoms with E-state index in [1.54, 1.807) is 19.2 Å². The van der Waals surface area contributed by atoms with Crippen molar-refractivity contribution in [1.82, 2.24) is 0 Å². The van der Waals surface area contributed by atoms with E-state index in [0.717, 1.165) is 22.7 Å². The Bertz CT molecular complexity index is 564. The second-order valence-electron chi connectivity index (χ2n) is 4.12. The van der Waals surface area contributed by atoms with Gasteiger partial charge < -0.3 is 15.2 Å². The van der Waals surface area contributed by atoms with Crippen LogP contribution in [0.2, 0.25) is 0 Å². The zero-order valence-electron chi connectivity index (χ0n) is 10.6. The molecule has 4 nitrogen and oxygen atoms in total. The van der Waals surface area contributed by atoms with Crippen LogP contribution in [0.15, 0.2) is 48.5 Å². The molecule has 0 fully saturated rings. The molecule has 0 aliphatic rings. The van der Waals surface area contributed by atoms with Crippen molar-refractivity contribution in [2.45, 2.75) is 6.42 Å². The van der Waals surface area contributed by atoms with E-state index in [1.165, 1.54) is 0 Å². The molecule has 2 aromatic rings. The number of nitrogens with one attached hydrogen (secondary N) is 1. The van der Waals surface area contributed by atoms with Gasteiger partial charge in [-0.05, 0) is 29.8 Å². The third-order valence-corrected chi connectivity index (χ3v) is 2.67. The average molecular weight is 257 g/mol. The van der Waals surface area contributed by atoms with Crippen molar-refractivity contribution >= 4 is 17.3 Å². The maximum atomic E-state index is 10.6. The van der Waals surface area contributed by atoms with Crippen molar-refractivity contribution in [1.29, 1.82) is 0 Å². The monoisotopic (exact) mass is 257 g/mol.